The minimum absolute atomic E-state index is 0.218. The second-order valence-corrected chi connectivity index (χ2v) is 17.3. The smallest absolute Gasteiger partial charge is 0.387 e. The van der Waals surface area contributed by atoms with Gasteiger partial charge in [-0.3, -0.25) is 13.8 Å². The van der Waals surface area contributed by atoms with E-state index in [2.05, 4.69) is 19.2 Å². The molecule has 326 valence electrons. The fourth-order valence-electron chi connectivity index (χ4n) is 7.14. The molecule has 0 radical (unpaired) electrons. The zero-order valence-electron chi connectivity index (χ0n) is 34.5. The summed E-state index contributed by atoms with van der Waals surface area (Å²) in [5, 5.41) is 63.9. The molecule has 1 fully saturated rings. The normalized spacial score (nSPS) is 23.9. The lowest BCUT2D eigenvalue weighted by Gasteiger charge is -2.41. The van der Waals surface area contributed by atoms with E-state index >= 15 is 0 Å². The molecule has 0 aromatic heterocycles. The number of allylic oxidation sites excluding steroid dienone is 1. The highest BCUT2D eigenvalue weighted by Crippen LogP contribution is 2.47. The molecule has 9 atom stereocenters. The fraction of sp³-hybridized carbons (Fsp3) is 0.929. The molecule has 13 heteroatoms. The summed E-state index contributed by atoms with van der Waals surface area (Å²) in [6.07, 6.45) is 22.8. The van der Waals surface area contributed by atoms with Crippen molar-refractivity contribution in [3.63, 3.8) is 0 Å². The minimum atomic E-state index is -5.07. The van der Waals surface area contributed by atoms with Crippen LogP contribution in [0.3, 0.4) is 0 Å². The molecular formula is C42H82NO11P. The van der Waals surface area contributed by atoms with Crippen LogP contribution in [0, 0.1) is 0 Å². The van der Waals surface area contributed by atoms with E-state index in [1.807, 2.05) is 6.08 Å². The first-order chi connectivity index (χ1) is 26.4. The van der Waals surface area contributed by atoms with Gasteiger partial charge in [-0.1, -0.05) is 180 Å². The summed E-state index contributed by atoms with van der Waals surface area (Å²) in [6.45, 7) is 3.83. The van der Waals surface area contributed by atoms with E-state index in [9.17, 15) is 44.9 Å². The van der Waals surface area contributed by atoms with Crippen molar-refractivity contribution in [1.82, 2.24) is 5.32 Å². The van der Waals surface area contributed by atoms with Crippen LogP contribution in [-0.4, -0.2) is 96.8 Å². The third kappa shape index (κ3) is 25.2. The maximum atomic E-state index is 12.9. The lowest BCUT2D eigenvalue weighted by molar-refractivity contribution is -0.220. The molecule has 0 bridgehead atoms. The minimum Gasteiger partial charge on any atom is -0.387 e. The Kier molecular flexibility index (Phi) is 31.2. The summed E-state index contributed by atoms with van der Waals surface area (Å²) in [4.78, 5) is 23.3. The van der Waals surface area contributed by atoms with Crippen LogP contribution in [0.25, 0.3) is 0 Å². The Morgan fingerprint density at radius 1 is 0.600 bits per heavy atom. The van der Waals surface area contributed by atoms with Crippen molar-refractivity contribution in [2.75, 3.05) is 6.61 Å². The molecular weight excluding hydrogens is 725 g/mol. The van der Waals surface area contributed by atoms with Crippen LogP contribution >= 0.6 is 7.82 Å². The maximum Gasteiger partial charge on any atom is 0.472 e. The standard InChI is InChI=1S/C42H82NO11P/c1-3-5-7-9-11-13-15-17-18-20-21-23-25-27-29-31-35(44)34(33-53-55(51,52)54-42-40(49)38(47)37(46)39(48)41(42)50)43-36(45)32-30-28-26-24-22-19-16-14-12-10-8-6-4-2/h29,31,34-35,37-42,44,46-50H,3-28,30,32-33H2,1-2H3,(H,43,45)(H,51,52)/b31-29+/t34-,35+,37?,38+,39?,40?,41?,42?/m0/s1. The van der Waals surface area contributed by atoms with Gasteiger partial charge in [0.05, 0.1) is 18.8 Å². The Labute approximate surface area is 333 Å². The molecule has 1 saturated carbocycles. The predicted octanol–water partition coefficient (Wildman–Crippen LogP) is 7.67. The van der Waals surface area contributed by atoms with Crippen LogP contribution in [0.15, 0.2) is 12.2 Å². The van der Waals surface area contributed by atoms with Gasteiger partial charge in [-0.2, -0.15) is 0 Å². The zero-order valence-corrected chi connectivity index (χ0v) is 35.4. The largest absolute Gasteiger partial charge is 0.472 e. The second kappa shape index (κ2) is 33.0. The van der Waals surface area contributed by atoms with Gasteiger partial charge in [0.1, 0.15) is 36.6 Å². The number of hydrogen-bond acceptors (Lipinski definition) is 10. The molecule has 1 aliphatic rings. The molecule has 1 aliphatic carbocycles. The number of phosphoric acid groups is 1. The van der Waals surface area contributed by atoms with Crippen molar-refractivity contribution < 1.29 is 53.9 Å². The maximum absolute atomic E-state index is 12.9. The molecule has 0 aliphatic heterocycles. The summed E-state index contributed by atoms with van der Waals surface area (Å²) in [5.41, 5.74) is 0. The van der Waals surface area contributed by atoms with Gasteiger partial charge in [0.15, 0.2) is 0 Å². The van der Waals surface area contributed by atoms with Crippen LogP contribution < -0.4 is 5.32 Å². The van der Waals surface area contributed by atoms with Gasteiger partial charge in [-0.05, 0) is 19.3 Å². The lowest BCUT2D eigenvalue weighted by atomic mass is 9.85. The number of rotatable bonds is 36. The van der Waals surface area contributed by atoms with Crippen molar-refractivity contribution in [2.24, 2.45) is 0 Å². The van der Waals surface area contributed by atoms with Crippen molar-refractivity contribution in [3.05, 3.63) is 12.2 Å². The van der Waals surface area contributed by atoms with Gasteiger partial charge in [-0.25, -0.2) is 4.57 Å². The van der Waals surface area contributed by atoms with E-state index in [0.29, 0.717) is 6.42 Å². The van der Waals surface area contributed by atoms with Gasteiger partial charge >= 0.3 is 7.82 Å². The van der Waals surface area contributed by atoms with Crippen LogP contribution in [0.5, 0.6) is 0 Å². The topological polar surface area (TPSA) is 206 Å². The lowest BCUT2D eigenvalue weighted by Crippen LogP contribution is -2.64. The Balaban J connectivity index is 2.53. The quantitative estimate of drug-likeness (QED) is 0.0175. The van der Waals surface area contributed by atoms with Gasteiger partial charge in [-0.15, -0.1) is 0 Å². The Morgan fingerprint density at radius 2 is 0.964 bits per heavy atom. The highest BCUT2D eigenvalue weighted by atomic mass is 31.2. The Hall–Kier alpha value is -0.920. The third-order valence-corrected chi connectivity index (χ3v) is 11.8. The predicted molar refractivity (Wildman–Crippen MR) is 218 cm³/mol. The molecule has 0 aromatic rings. The first kappa shape index (κ1) is 52.1. The number of unbranched alkanes of at least 4 members (excludes halogenated alkanes) is 25. The zero-order chi connectivity index (χ0) is 40.7. The first-order valence-corrected chi connectivity index (χ1v) is 23.6. The molecule has 6 unspecified atom stereocenters. The van der Waals surface area contributed by atoms with Crippen molar-refractivity contribution in [2.45, 2.75) is 242 Å². The molecule has 55 heavy (non-hydrogen) atoms. The van der Waals surface area contributed by atoms with E-state index in [4.69, 9.17) is 9.05 Å². The number of aliphatic hydroxyl groups excluding tert-OH is 6. The number of hydrogen-bond donors (Lipinski definition) is 8. The van der Waals surface area contributed by atoms with Crippen molar-refractivity contribution >= 4 is 13.7 Å². The molecule has 0 saturated heterocycles. The highest BCUT2D eigenvalue weighted by Gasteiger charge is 2.51. The van der Waals surface area contributed by atoms with E-state index in [0.717, 1.165) is 44.9 Å². The van der Waals surface area contributed by atoms with E-state index < -0.39 is 63.2 Å². The van der Waals surface area contributed by atoms with E-state index in [-0.39, 0.29) is 12.3 Å². The average molecular weight is 808 g/mol. The van der Waals surface area contributed by atoms with E-state index in [1.165, 1.54) is 128 Å². The van der Waals surface area contributed by atoms with Gasteiger partial charge in [0, 0.05) is 6.42 Å². The van der Waals surface area contributed by atoms with Crippen LogP contribution in [0.2, 0.25) is 0 Å². The number of phosphoric ester groups is 1. The van der Waals surface area contributed by atoms with Crippen LogP contribution in [-0.2, 0) is 18.4 Å². The fourth-order valence-corrected chi connectivity index (χ4v) is 8.10. The highest BCUT2D eigenvalue weighted by molar-refractivity contribution is 7.47. The van der Waals surface area contributed by atoms with Crippen molar-refractivity contribution in [3.8, 4) is 0 Å². The molecule has 1 amide bonds. The molecule has 12 nitrogen and oxygen atoms in total. The molecule has 0 aromatic carbocycles. The van der Waals surface area contributed by atoms with Crippen LogP contribution in [0.4, 0.5) is 0 Å². The number of carbonyl (C=O) groups is 1. The number of amides is 1. The number of nitrogens with one attached hydrogen (secondary N) is 1. The number of aliphatic hydroxyl groups is 6. The molecule has 0 heterocycles. The summed E-state index contributed by atoms with van der Waals surface area (Å²) >= 11 is 0. The Bertz CT molecular complexity index is 989. The van der Waals surface area contributed by atoms with Crippen molar-refractivity contribution in [1.29, 1.82) is 0 Å². The molecule has 8 N–H and O–H groups in total. The van der Waals surface area contributed by atoms with E-state index in [1.54, 1.807) is 0 Å². The summed E-state index contributed by atoms with van der Waals surface area (Å²) < 4.78 is 22.9. The summed E-state index contributed by atoms with van der Waals surface area (Å²) in [6, 6.07) is -1.11. The molecule has 0 spiro atoms. The van der Waals surface area contributed by atoms with Gasteiger partial charge in [0.25, 0.3) is 0 Å². The van der Waals surface area contributed by atoms with Gasteiger partial charge in [0.2, 0.25) is 5.91 Å². The Morgan fingerprint density at radius 3 is 1.38 bits per heavy atom. The summed E-state index contributed by atoms with van der Waals surface area (Å²) in [5.74, 6) is -0.340. The second-order valence-electron chi connectivity index (χ2n) is 15.9. The van der Waals surface area contributed by atoms with Gasteiger partial charge < -0.3 is 40.8 Å². The number of carbonyl (C=O) groups excluding carboxylic acids is 1. The SMILES string of the molecule is CCCCCCCCCCCCCCC/C=C/[C@@H](O)[C@H](COP(=O)(O)OC1C(O)C(O)C(O)[C@@H](O)C1O)NC(=O)CCCCCCCCCCCCCCC. The molecule has 1 rings (SSSR count). The third-order valence-electron chi connectivity index (χ3n) is 10.8. The summed E-state index contributed by atoms with van der Waals surface area (Å²) in [7, 11) is -5.07. The first-order valence-electron chi connectivity index (χ1n) is 22.1. The average Bonchev–Trinajstić information content (AvgIpc) is 3.16. The monoisotopic (exact) mass is 808 g/mol. The van der Waals surface area contributed by atoms with Crippen LogP contribution in [0.1, 0.15) is 194 Å².